The van der Waals surface area contributed by atoms with Crippen LogP contribution in [-0.4, -0.2) is 23.9 Å². The number of benzene rings is 1. The molecule has 3 nitrogen and oxygen atoms in total. The molecule has 16 heavy (non-hydrogen) atoms. The van der Waals surface area contributed by atoms with Crippen molar-refractivity contribution < 1.29 is 9.84 Å². The van der Waals surface area contributed by atoms with E-state index in [0.717, 1.165) is 10.0 Å². The number of nitrogens with two attached hydrogens (primary N) is 1. The molecular weight excluding hydrogens is 270 g/mol. The van der Waals surface area contributed by atoms with Gasteiger partial charge in [-0.15, -0.1) is 0 Å². The first-order chi connectivity index (χ1) is 7.54. The van der Waals surface area contributed by atoms with Gasteiger partial charge < -0.3 is 15.6 Å². The molecule has 0 saturated carbocycles. The van der Waals surface area contributed by atoms with Crippen molar-refractivity contribution in [3.63, 3.8) is 0 Å². The van der Waals surface area contributed by atoms with Gasteiger partial charge in [-0.2, -0.15) is 0 Å². The van der Waals surface area contributed by atoms with Crippen molar-refractivity contribution in [3.8, 4) is 0 Å². The predicted molar refractivity (Wildman–Crippen MR) is 68.2 cm³/mol. The van der Waals surface area contributed by atoms with E-state index in [0.29, 0.717) is 6.54 Å². The third-order valence-electron chi connectivity index (χ3n) is 2.51. The molecule has 0 aliphatic carbocycles. The van der Waals surface area contributed by atoms with E-state index < -0.39 is 6.10 Å². The van der Waals surface area contributed by atoms with Gasteiger partial charge in [0.15, 0.2) is 0 Å². The van der Waals surface area contributed by atoms with Crippen LogP contribution in [0.1, 0.15) is 25.5 Å². The van der Waals surface area contributed by atoms with Crippen LogP contribution in [0.4, 0.5) is 0 Å². The van der Waals surface area contributed by atoms with Gasteiger partial charge in [-0.3, -0.25) is 0 Å². The molecule has 0 amide bonds. The number of ether oxygens (including phenoxy) is 1. The maximum absolute atomic E-state index is 9.38. The van der Waals surface area contributed by atoms with Crippen LogP contribution in [-0.2, 0) is 4.74 Å². The van der Waals surface area contributed by atoms with Gasteiger partial charge >= 0.3 is 0 Å². The first-order valence-corrected chi connectivity index (χ1v) is 6.13. The smallest absolute Gasteiger partial charge is 0.0952 e. The largest absolute Gasteiger partial charge is 0.391 e. The summed E-state index contributed by atoms with van der Waals surface area (Å²) in [5.74, 6) is 0. The van der Waals surface area contributed by atoms with Crippen molar-refractivity contribution in [1.29, 1.82) is 0 Å². The second-order valence-electron chi connectivity index (χ2n) is 3.86. The molecule has 3 N–H and O–H groups in total. The summed E-state index contributed by atoms with van der Waals surface area (Å²) < 4.78 is 6.72. The molecular formula is C12H18BrNO2. The Bertz CT molecular complexity index is 313. The Morgan fingerprint density at radius 2 is 1.88 bits per heavy atom. The van der Waals surface area contributed by atoms with Gasteiger partial charge in [0.1, 0.15) is 0 Å². The Morgan fingerprint density at radius 3 is 2.31 bits per heavy atom. The van der Waals surface area contributed by atoms with Gasteiger partial charge in [-0.1, -0.05) is 28.1 Å². The standard InChI is InChI=1S/C12H18BrNO2/c1-8(15)9(2)16-12(7-14)10-3-5-11(13)6-4-10/h3-6,8-9,12,15H,7,14H2,1-2H3. The molecule has 0 saturated heterocycles. The zero-order chi connectivity index (χ0) is 12.1. The quantitative estimate of drug-likeness (QED) is 0.873. The van der Waals surface area contributed by atoms with Crippen molar-refractivity contribution in [1.82, 2.24) is 0 Å². The molecule has 0 spiro atoms. The minimum Gasteiger partial charge on any atom is -0.391 e. The third kappa shape index (κ3) is 3.87. The molecule has 0 fully saturated rings. The molecule has 1 rings (SSSR count). The molecule has 0 aliphatic heterocycles. The molecule has 0 aliphatic rings. The Kier molecular flexibility index (Phi) is 5.41. The first-order valence-electron chi connectivity index (χ1n) is 5.33. The topological polar surface area (TPSA) is 55.5 Å². The van der Waals surface area contributed by atoms with Crippen molar-refractivity contribution >= 4 is 15.9 Å². The summed E-state index contributed by atoms with van der Waals surface area (Å²) in [6, 6.07) is 7.84. The molecule has 1 aromatic carbocycles. The number of hydrogen-bond donors (Lipinski definition) is 2. The lowest BCUT2D eigenvalue weighted by Crippen LogP contribution is -2.28. The summed E-state index contributed by atoms with van der Waals surface area (Å²) in [7, 11) is 0. The van der Waals surface area contributed by atoms with Gasteiger partial charge in [0.25, 0.3) is 0 Å². The van der Waals surface area contributed by atoms with E-state index >= 15 is 0 Å². The average molecular weight is 288 g/mol. The van der Waals surface area contributed by atoms with E-state index in [1.807, 2.05) is 31.2 Å². The average Bonchev–Trinajstić information content (AvgIpc) is 2.26. The highest BCUT2D eigenvalue weighted by molar-refractivity contribution is 9.10. The van der Waals surface area contributed by atoms with Crippen LogP contribution in [0.3, 0.4) is 0 Å². The minimum atomic E-state index is -0.496. The van der Waals surface area contributed by atoms with Crippen molar-refractivity contribution in [2.45, 2.75) is 32.2 Å². The summed E-state index contributed by atoms with van der Waals surface area (Å²) in [6.07, 6.45) is -0.889. The van der Waals surface area contributed by atoms with Crippen LogP contribution in [0.2, 0.25) is 0 Å². The molecule has 1 aromatic rings. The molecule has 3 unspecified atom stereocenters. The Hall–Kier alpha value is -0.420. The molecule has 4 heteroatoms. The molecule has 3 atom stereocenters. The normalized spacial score (nSPS) is 16.8. The summed E-state index contributed by atoms with van der Waals surface area (Å²) in [5, 5.41) is 9.38. The van der Waals surface area contributed by atoms with Gasteiger partial charge in [0.05, 0.1) is 18.3 Å². The monoisotopic (exact) mass is 287 g/mol. The lowest BCUT2D eigenvalue weighted by atomic mass is 10.1. The SMILES string of the molecule is CC(O)C(C)OC(CN)c1ccc(Br)cc1. The summed E-state index contributed by atoms with van der Waals surface area (Å²) in [5.41, 5.74) is 6.70. The minimum absolute atomic E-state index is 0.169. The zero-order valence-corrected chi connectivity index (χ0v) is 11.1. The maximum Gasteiger partial charge on any atom is 0.0952 e. The Balaban J connectivity index is 2.70. The molecule has 90 valence electrons. The third-order valence-corrected chi connectivity index (χ3v) is 3.04. The maximum atomic E-state index is 9.38. The van der Waals surface area contributed by atoms with Crippen LogP contribution in [0.5, 0.6) is 0 Å². The lowest BCUT2D eigenvalue weighted by Gasteiger charge is -2.23. The van der Waals surface area contributed by atoms with Gasteiger partial charge in [0.2, 0.25) is 0 Å². The molecule has 0 aromatic heterocycles. The van der Waals surface area contributed by atoms with Crippen LogP contribution < -0.4 is 5.73 Å². The van der Waals surface area contributed by atoms with Crippen LogP contribution in [0, 0.1) is 0 Å². The highest BCUT2D eigenvalue weighted by Gasteiger charge is 2.17. The second kappa shape index (κ2) is 6.35. The lowest BCUT2D eigenvalue weighted by molar-refractivity contribution is -0.0591. The zero-order valence-electron chi connectivity index (χ0n) is 9.56. The predicted octanol–water partition coefficient (Wildman–Crippen LogP) is 2.23. The van der Waals surface area contributed by atoms with E-state index in [-0.39, 0.29) is 12.2 Å². The summed E-state index contributed by atoms with van der Waals surface area (Å²) in [4.78, 5) is 0. The Morgan fingerprint density at radius 1 is 1.31 bits per heavy atom. The fourth-order valence-electron chi connectivity index (χ4n) is 1.32. The first kappa shape index (κ1) is 13.6. The van der Waals surface area contributed by atoms with Gasteiger partial charge in [-0.25, -0.2) is 0 Å². The highest BCUT2D eigenvalue weighted by Crippen LogP contribution is 2.21. The number of halogens is 1. The van der Waals surface area contributed by atoms with Gasteiger partial charge in [0, 0.05) is 11.0 Å². The van der Waals surface area contributed by atoms with Crippen LogP contribution >= 0.6 is 15.9 Å². The fraction of sp³-hybridized carbons (Fsp3) is 0.500. The number of aliphatic hydroxyl groups is 1. The number of hydrogen-bond acceptors (Lipinski definition) is 3. The summed E-state index contributed by atoms with van der Waals surface area (Å²) in [6.45, 7) is 3.95. The molecule has 0 radical (unpaired) electrons. The van der Waals surface area contributed by atoms with E-state index in [4.69, 9.17) is 10.5 Å². The summed E-state index contributed by atoms with van der Waals surface area (Å²) >= 11 is 3.38. The van der Waals surface area contributed by atoms with E-state index in [1.54, 1.807) is 6.92 Å². The molecule has 0 bridgehead atoms. The number of rotatable bonds is 5. The molecule has 0 heterocycles. The van der Waals surface area contributed by atoms with Crippen LogP contribution in [0.25, 0.3) is 0 Å². The number of aliphatic hydroxyl groups excluding tert-OH is 1. The van der Waals surface area contributed by atoms with E-state index in [1.165, 1.54) is 0 Å². The van der Waals surface area contributed by atoms with E-state index in [9.17, 15) is 5.11 Å². The van der Waals surface area contributed by atoms with Crippen molar-refractivity contribution in [3.05, 3.63) is 34.3 Å². The Labute approximate surface area is 105 Å². The van der Waals surface area contributed by atoms with Gasteiger partial charge in [-0.05, 0) is 31.5 Å². The fourth-order valence-corrected chi connectivity index (χ4v) is 1.58. The second-order valence-corrected chi connectivity index (χ2v) is 4.77. The van der Waals surface area contributed by atoms with E-state index in [2.05, 4.69) is 15.9 Å². The van der Waals surface area contributed by atoms with Crippen molar-refractivity contribution in [2.75, 3.05) is 6.54 Å². The van der Waals surface area contributed by atoms with Crippen molar-refractivity contribution in [2.24, 2.45) is 5.73 Å². The highest BCUT2D eigenvalue weighted by atomic mass is 79.9. The van der Waals surface area contributed by atoms with Crippen LogP contribution in [0.15, 0.2) is 28.7 Å².